The third-order valence-electron chi connectivity index (χ3n) is 3.15. The van der Waals surface area contributed by atoms with Crippen LogP contribution in [0.2, 0.25) is 0 Å². The second-order valence-electron chi connectivity index (χ2n) is 5.65. The Bertz CT molecular complexity index is 293. The maximum atomic E-state index is 11.6. The number of nitrogens with two attached hydrogens (primary N) is 1. The summed E-state index contributed by atoms with van der Waals surface area (Å²) in [6.07, 6.45) is 2.47. The first-order valence-corrected chi connectivity index (χ1v) is 7.13. The highest BCUT2D eigenvalue weighted by atomic mass is 16.5. The molecule has 0 atom stereocenters. The molecule has 6 heteroatoms. The number of nitrogens with one attached hydrogen (secondary N) is 2. The van der Waals surface area contributed by atoms with Gasteiger partial charge in [0, 0.05) is 33.0 Å². The van der Waals surface area contributed by atoms with E-state index in [4.69, 9.17) is 10.5 Å². The van der Waals surface area contributed by atoms with Crippen molar-refractivity contribution in [2.75, 3.05) is 33.4 Å². The van der Waals surface area contributed by atoms with Crippen molar-refractivity contribution in [3.05, 3.63) is 0 Å². The molecule has 0 fully saturated rings. The van der Waals surface area contributed by atoms with Crippen LogP contribution in [0.1, 0.15) is 39.5 Å². The lowest BCUT2D eigenvalue weighted by molar-refractivity contribution is -0.122. The molecule has 0 aromatic rings. The van der Waals surface area contributed by atoms with Crippen LogP contribution in [0.3, 0.4) is 0 Å². The van der Waals surface area contributed by atoms with Crippen LogP contribution in [0.4, 0.5) is 0 Å². The van der Waals surface area contributed by atoms with Gasteiger partial charge in [-0.05, 0) is 24.8 Å². The molecule has 0 heterocycles. The van der Waals surface area contributed by atoms with Crippen molar-refractivity contribution in [2.24, 2.45) is 11.1 Å². The van der Waals surface area contributed by atoms with E-state index in [1.807, 2.05) is 0 Å². The summed E-state index contributed by atoms with van der Waals surface area (Å²) < 4.78 is 4.83. The Kier molecular flexibility index (Phi) is 10.0. The van der Waals surface area contributed by atoms with Crippen molar-refractivity contribution in [1.29, 1.82) is 0 Å². The molecular formula is C14H29N3O3. The lowest BCUT2D eigenvalue weighted by Crippen LogP contribution is -2.32. The minimum absolute atomic E-state index is 0.0141. The average molecular weight is 287 g/mol. The molecular weight excluding hydrogens is 258 g/mol. The molecule has 0 aliphatic rings. The maximum absolute atomic E-state index is 11.6. The number of carbonyl (C=O) groups is 2. The second-order valence-corrected chi connectivity index (χ2v) is 5.65. The Balaban J connectivity index is 3.65. The molecule has 0 saturated heterocycles. The standard InChI is InChI=1S/C14H29N3O3/c1-14(2,7-8-15)6-4-12(18)16-9-5-13(19)17-10-11-20-3/h4-11,15H2,1-3H3,(H,16,18)(H,17,19). The summed E-state index contributed by atoms with van der Waals surface area (Å²) in [4.78, 5) is 23.0. The summed E-state index contributed by atoms with van der Waals surface area (Å²) in [6.45, 7) is 6.21. The van der Waals surface area contributed by atoms with E-state index in [2.05, 4.69) is 24.5 Å². The number of hydrogen-bond acceptors (Lipinski definition) is 4. The van der Waals surface area contributed by atoms with Crippen LogP contribution in [0, 0.1) is 5.41 Å². The molecule has 20 heavy (non-hydrogen) atoms. The number of rotatable bonds is 11. The molecule has 0 aliphatic carbocycles. The predicted molar refractivity (Wildman–Crippen MR) is 79.2 cm³/mol. The highest BCUT2D eigenvalue weighted by Gasteiger charge is 2.18. The van der Waals surface area contributed by atoms with Crippen LogP contribution in [-0.4, -0.2) is 45.2 Å². The molecule has 0 spiro atoms. The third-order valence-corrected chi connectivity index (χ3v) is 3.15. The van der Waals surface area contributed by atoms with E-state index in [-0.39, 0.29) is 17.2 Å². The van der Waals surface area contributed by atoms with Gasteiger partial charge in [-0.15, -0.1) is 0 Å². The topological polar surface area (TPSA) is 93.5 Å². The van der Waals surface area contributed by atoms with Crippen molar-refractivity contribution < 1.29 is 14.3 Å². The van der Waals surface area contributed by atoms with Gasteiger partial charge in [0.2, 0.25) is 11.8 Å². The molecule has 0 aromatic carbocycles. The Morgan fingerprint density at radius 3 is 2.25 bits per heavy atom. The minimum atomic E-state index is -0.0780. The molecule has 4 N–H and O–H groups in total. The first-order chi connectivity index (χ1) is 9.41. The van der Waals surface area contributed by atoms with Crippen molar-refractivity contribution in [3.8, 4) is 0 Å². The number of ether oxygens (including phenoxy) is 1. The van der Waals surface area contributed by atoms with E-state index in [0.29, 0.717) is 39.1 Å². The minimum Gasteiger partial charge on any atom is -0.383 e. The average Bonchev–Trinajstić information content (AvgIpc) is 2.37. The molecule has 2 amide bonds. The molecule has 0 unspecified atom stereocenters. The molecule has 6 nitrogen and oxygen atoms in total. The first-order valence-electron chi connectivity index (χ1n) is 7.13. The van der Waals surface area contributed by atoms with Gasteiger partial charge >= 0.3 is 0 Å². The molecule has 0 radical (unpaired) electrons. The van der Waals surface area contributed by atoms with E-state index in [1.54, 1.807) is 7.11 Å². The fourth-order valence-electron chi connectivity index (χ4n) is 1.75. The number of carbonyl (C=O) groups excluding carboxylic acids is 2. The first kappa shape index (κ1) is 18.9. The summed E-state index contributed by atoms with van der Waals surface area (Å²) in [5.41, 5.74) is 5.62. The van der Waals surface area contributed by atoms with Crippen LogP contribution < -0.4 is 16.4 Å². The van der Waals surface area contributed by atoms with Crippen molar-refractivity contribution in [3.63, 3.8) is 0 Å². The fraction of sp³-hybridized carbons (Fsp3) is 0.857. The van der Waals surface area contributed by atoms with Gasteiger partial charge in [-0.25, -0.2) is 0 Å². The van der Waals surface area contributed by atoms with Crippen LogP contribution in [0.5, 0.6) is 0 Å². The number of methoxy groups -OCH3 is 1. The monoisotopic (exact) mass is 287 g/mol. The van der Waals surface area contributed by atoms with E-state index in [1.165, 1.54) is 0 Å². The van der Waals surface area contributed by atoms with Gasteiger partial charge in [0.15, 0.2) is 0 Å². The largest absolute Gasteiger partial charge is 0.383 e. The zero-order valence-electron chi connectivity index (χ0n) is 13.0. The maximum Gasteiger partial charge on any atom is 0.221 e. The Morgan fingerprint density at radius 2 is 1.65 bits per heavy atom. The summed E-state index contributed by atoms with van der Waals surface area (Å²) >= 11 is 0. The quantitative estimate of drug-likeness (QED) is 0.480. The van der Waals surface area contributed by atoms with E-state index in [0.717, 1.165) is 12.8 Å². The van der Waals surface area contributed by atoms with Crippen molar-refractivity contribution in [2.45, 2.75) is 39.5 Å². The number of hydrogen-bond donors (Lipinski definition) is 3. The third kappa shape index (κ3) is 10.8. The van der Waals surface area contributed by atoms with Gasteiger partial charge in [-0.2, -0.15) is 0 Å². The fourth-order valence-corrected chi connectivity index (χ4v) is 1.75. The summed E-state index contributed by atoms with van der Waals surface area (Å²) in [7, 11) is 1.58. The van der Waals surface area contributed by atoms with Crippen LogP contribution in [0.15, 0.2) is 0 Å². The molecule has 0 rings (SSSR count). The second kappa shape index (κ2) is 10.6. The van der Waals surface area contributed by atoms with Crippen molar-refractivity contribution >= 4 is 11.8 Å². The van der Waals surface area contributed by atoms with Gasteiger partial charge in [-0.3, -0.25) is 9.59 Å². The normalized spacial score (nSPS) is 11.2. The molecule has 118 valence electrons. The highest BCUT2D eigenvalue weighted by molar-refractivity contribution is 5.78. The van der Waals surface area contributed by atoms with Gasteiger partial charge in [0.05, 0.1) is 6.61 Å². The lowest BCUT2D eigenvalue weighted by atomic mass is 9.84. The van der Waals surface area contributed by atoms with E-state index in [9.17, 15) is 9.59 Å². The predicted octanol–water partition coefficient (Wildman–Crippen LogP) is 0.411. The Labute approximate surface area is 121 Å². The van der Waals surface area contributed by atoms with E-state index < -0.39 is 0 Å². The molecule has 0 aromatic heterocycles. The molecule has 0 aliphatic heterocycles. The zero-order valence-corrected chi connectivity index (χ0v) is 13.0. The SMILES string of the molecule is COCCNC(=O)CCNC(=O)CCC(C)(C)CCN. The zero-order chi connectivity index (χ0) is 15.4. The molecule has 0 bridgehead atoms. The van der Waals surface area contributed by atoms with Gasteiger partial charge in [-0.1, -0.05) is 13.8 Å². The van der Waals surface area contributed by atoms with Crippen LogP contribution in [0.25, 0.3) is 0 Å². The van der Waals surface area contributed by atoms with Gasteiger partial charge < -0.3 is 21.1 Å². The number of amides is 2. The lowest BCUT2D eigenvalue weighted by Gasteiger charge is -2.23. The van der Waals surface area contributed by atoms with Gasteiger partial charge in [0.1, 0.15) is 0 Å². The van der Waals surface area contributed by atoms with Crippen LogP contribution in [-0.2, 0) is 14.3 Å². The molecule has 0 saturated carbocycles. The van der Waals surface area contributed by atoms with Crippen LogP contribution >= 0.6 is 0 Å². The Morgan fingerprint density at radius 1 is 1.05 bits per heavy atom. The summed E-state index contributed by atoms with van der Waals surface area (Å²) in [6, 6.07) is 0. The summed E-state index contributed by atoms with van der Waals surface area (Å²) in [5, 5.41) is 5.46. The Hall–Kier alpha value is -1.14. The van der Waals surface area contributed by atoms with Gasteiger partial charge in [0.25, 0.3) is 0 Å². The van der Waals surface area contributed by atoms with Crippen molar-refractivity contribution in [1.82, 2.24) is 10.6 Å². The smallest absolute Gasteiger partial charge is 0.221 e. The highest BCUT2D eigenvalue weighted by Crippen LogP contribution is 2.25. The summed E-state index contributed by atoms with van der Waals surface area (Å²) in [5.74, 6) is -0.0920. The van der Waals surface area contributed by atoms with E-state index >= 15 is 0 Å².